The highest BCUT2D eigenvalue weighted by atomic mass is 16.5. The molecule has 0 aliphatic heterocycles. The van der Waals surface area contributed by atoms with E-state index in [4.69, 9.17) is 9.47 Å². The van der Waals surface area contributed by atoms with Gasteiger partial charge in [0.2, 0.25) is 0 Å². The van der Waals surface area contributed by atoms with E-state index in [0.29, 0.717) is 19.0 Å². The average Bonchev–Trinajstić information content (AvgIpc) is 2.43. The van der Waals surface area contributed by atoms with Crippen molar-refractivity contribution in [3.63, 3.8) is 0 Å². The summed E-state index contributed by atoms with van der Waals surface area (Å²) in [4.78, 5) is 0. The van der Waals surface area contributed by atoms with Gasteiger partial charge < -0.3 is 19.9 Å². The lowest BCUT2D eigenvalue weighted by Crippen LogP contribution is -2.23. The molecule has 0 radical (unpaired) electrons. The Morgan fingerprint density at radius 3 is 2.68 bits per heavy atom. The third-order valence-corrected chi connectivity index (χ3v) is 3.01. The predicted molar refractivity (Wildman–Crippen MR) is 76.5 cm³/mol. The zero-order chi connectivity index (χ0) is 13.9. The molecule has 0 fully saturated rings. The summed E-state index contributed by atoms with van der Waals surface area (Å²) in [6.07, 6.45) is 1.90. The van der Waals surface area contributed by atoms with E-state index in [1.807, 2.05) is 18.2 Å². The lowest BCUT2D eigenvalue weighted by molar-refractivity contribution is 0.0692. The minimum Gasteiger partial charge on any atom is -0.508 e. The van der Waals surface area contributed by atoms with Gasteiger partial charge in [0, 0.05) is 25.3 Å². The second-order valence-electron chi connectivity index (χ2n) is 4.43. The molecule has 1 aromatic rings. The quantitative estimate of drug-likeness (QED) is 0.639. The standard InChI is InChI=1S/C15H25NO3/c1-3-14(13-7-4-5-8-15(13)17)16-9-6-10-19-12-11-18-2/h4-5,7-8,14,16-17H,3,6,9-12H2,1-2H3. The summed E-state index contributed by atoms with van der Waals surface area (Å²) in [5.74, 6) is 0.359. The number of aromatic hydroxyl groups is 1. The normalized spacial score (nSPS) is 12.5. The SMILES string of the molecule is CCC(NCCCOCCOC)c1ccccc1O. The molecule has 1 rings (SSSR count). The summed E-state index contributed by atoms with van der Waals surface area (Å²) >= 11 is 0. The van der Waals surface area contributed by atoms with Crippen LogP contribution in [0.3, 0.4) is 0 Å². The molecule has 4 nitrogen and oxygen atoms in total. The van der Waals surface area contributed by atoms with Crippen LogP contribution in [0.15, 0.2) is 24.3 Å². The number of para-hydroxylation sites is 1. The van der Waals surface area contributed by atoms with E-state index >= 15 is 0 Å². The number of hydrogen-bond donors (Lipinski definition) is 2. The molecule has 4 heteroatoms. The van der Waals surface area contributed by atoms with Crippen molar-refractivity contribution in [2.45, 2.75) is 25.8 Å². The fourth-order valence-electron chi connectivity index (χ4n) is 1.95. The molecule has 0 saturated heterocycles. The molecule has 0 aliphatic carbocycles. The van der Waals surface area contributed by atoms with E-state index in [1.165, 1.54) is 0 Å². The van der Waals surface area contributed by atoms with Crippen LogP contribution in [0.4, 0.5) is 0 Å². The maximum Gasteiger partial charge on any atom is 0.120 e. The van der Waals surface area contributed by atoms with Crippen molar-refractivity contribution in [2.24, 2.45) is 0 Å². The fraction of sp³-hybridized carbons (Fsp3) is 0.600. The third-order valence-electron chi connectivity index (χ3n) is 3.01. The molecule has 0 heterocycles. The van der Waals surface area contributed by atoms with Crippen LogP contribution in [-0.2, 0) is 9.47 Å². The molecule has 108 valence electrons. The van der Waals surface area contributed by atoms with Crippen LogP contribution in [0.5, 0.6) is 5.75 Å². The van der Waals surface area contributed by atoms with Crippen LogP contribution >= 0.6 is 0 Å². The summed E-state index contributed by atoms with van der Waals surface area (Å²) in [6.45, 7) is 5.00. The highest BCUT2D eigenvalue weighted by Gasteiger charge is 2.11. The Morgan fingerprint density at radius 1 is 1.21 bits per heavy atom. The van der Waals surface area contributed by atoms with Crippen LogP contribution in [0, 0.1) is 0 Å². The zero-order valence-corrected chi connectivity index (χ0v) is 11.9. The number of rotatable bonds is 10. The Balaban J connectivity index is 2.24. The Labute approximate surface area is 115 Å². The summed E-state index contributed by atoms with van der Waals surface area (Å²) in [6, 6.07) is 7.68. The molecule has 0 saturated carbocycles. The number of ether oxygens (including phenoxy) is 2. The largest absolute Gasteiger partial charge is 0.508 e. The van der Waals surface area contributed by atoms with Crippen molar-refractivity contribution in [3.8, 4) is 5.75 Å². The first-order valence-corrected chi connectivity index (χ1v) is 6.87. The van der Waals surface area contributed by atoms with Gasteiger partial charge in [0.25, 0.3) is 0 Å². The molecule has 0 bridgehead atoms. The molecule has 2 N–H and O–H groups in total. The first-order chi connectivity index (χ1) is 9.29. The van der Waals surface area contributed by atoms with Crippen LogP contribution in [0.1, 0.15) is 31.4 Å². The molecule has 1 atom stereocenters. The van der Waals surface area contributed by atoms with Crippen LogP contribution in [0.25, 0.3) is 0 Å². The summed E-state index contributed by atoms with van der Waals surface area (Å²) in [7, 11) is 1.67. The second kappa shape index (κ2) is 9.78. The summed E-state index contributed by atoms with van der Waals surface area (Å²) in [5.41, 5.74) is 0.963. The number of methoxy groups -OCH3 is 1. The molecular formula is C15H25NO3. The molecular weight excluding hydrogens is 242 g/mol. The van der Waals surface area contributed by atoms with E-state index < -0.39 is 0 Å². The number of benzene rings is 1. The third kappa shape index (κ3) is 6.05. The molecule has 1 unspecified atom stereocenters. The van der Waals surface area contributed by atoms with Crippen molar-refractivity contribution >= 4 is 0 Å². The zero-order valence-electron chi connectivity index (χ0n) is 11.9. The molecule has 0 aromatic heterocycles. The van der Waals surface area contributed by atoms with Gasteiger partial charge in [-0.3, -0.25) is 0 Å². The van der Waals surface area contributed by atoms with Gasteiger partial charge >= 0.3 is 0 Å². The molecule has 0 amide bonds. The first kappa shape index (κ1) is 16.0. The van der Waals surface area contributed by atoms with Crippen molar-refractivity contribution in [3.05, 3.63) is 29.8 Å². The van der Waals surface area contributed by atoms with Gasteiger partial charge in [-0.2, -0.15) is 0 Å². The van der Waals surface area contributed by atoms with Crippen molar-refractivity contribution in [1.82, 2.24) is 5.32 Å². The minimum atomic E-state index is 0.195. The Kier molecular flexibility index (Phi) is 8.21. The average molecular weight is 267 g/mol. The smallest absolute Gasteiger partial charge is 0.120 e. The predicted octanol–water partition coefficient (Wildman–Crippen LogP) is 2.49. The van der Waals surface area contributed by atoms with E-state index in [2.05, 4.69) is 12.2 Å². The molecule has 0 spiro atoms. The van der Waals surface area contributed by atoms with E-state index in [-0.39, 0.29) is 6.04 Å². The van der Waals surface area contributed by atoms with Crippen molar-refractivity contribution < 1.29 is 14.6 Å². The van der Waals surface area contributed by atoms with Gasteiger partial charge in [-0.1, -0.05) is 25.1 Å². The van der Waals surface area contributed by atoms with Gasteiger partial charge in [0.05, 0.1) is 13.2 Å². The highest BCUT2D eigenvalue weighted by Crippen LogP contribution is 2.25. The van der Waals surface area contributed by atoms with Crippen LogP contribution in [0.2, 0.25) is 0 Å². The molecule has 1 aromatic carbocycles. The van der Waals surface area contributed by atoms with Crippen molar-refractivity contribution in [1.29, 1.82) is 0 Å². The fourth-order valence-corrected chi connectivity index (χ4v) is 1.95. The Hall–Kier alpha value is -1.10. The Morgan fingerprint density at radius 2 is 2.00 bits per heavy atom. The lowest BCUT2D eigenvalue weighted by Gasteiger charge is -2.18. The number of nitrogens with one attached hydrogen (secondary N) is 1. The topological polar surface area (TPSA) is 50.7 Å². The minimum absolute atomic E-state index is 0.195. The highest BCUT2D eigenvalue weighted by molar-refractivity contribution is 5.34. The summed E-state index contributed by atoms with van der Waals surface area (Å²) < 4.78 is 10.3. The maximum atomic E-state index is 9.83. The van der Waals surface area contributed by atoms with Crippen LogP contribution in [-0.4, -0.2) is 38.6 Å². The number of hydrogen-bond acceptors (Lipinski definition) is 4. The Bertz CT molecular complexity index is 344. The van der Waals surface area contributed by atoms with Gasteiger partial charge in [0.1, 0.15) is 5.75 Å². The first-order valence-electron chi connectivity index (χ1n) is 6.87. The second-order valence-corrected chi connectivity index (χ2v) is 4.43. The van der Waals surface area contributed by atoms with E-state index in [9.17, 15) is 5.11 Å². The summed E-state index contributed by atoms with van der Waals surface area (Å²) in [5, 5.41) is 13.3. The van der Waals surface area contributed by atoms with E-state index in [0.717, 1.165) is 31.6 Å². The maximum absolute atomic E-state index is 9.83. The monoisotopic (exact) mass is 267 g/mol. The van der Waals surface area contributed by atoms with Gasteiger partial charge in [-0.05, 0) is 25.5 Å². The van der Waals surface area contributed by atoms with Gasteiger partial charge in [-0.25, -0.2) is 0 Å². The van der Waals surface area contributed by atoms with Crippen molar-refractivity contribution in [2.75, 3.05) is 33.5 Å². The van der Waals surface area contributed by atoms with Gasteiger partial charge in [0.15, 0.2) is 0 Å². The van der Waals surface area contributed by atoms with Gasteiger partial charge in [-0.15, -0.1) is 0 Å². The molecule has 19 heavy (non-hydrogen) atoms. The van der Waals surface area contributed by atoms with E-state index in [1.54, 1.807) is 13.2 Å². The lowest BCUT2D eigenvalue weighted by atomic mass is 10.0. The van der Waals surface area contributed by atoms with Crippen LogP contribution < -0.4 is 5.32 Å². The number of phenols is 1. The molecule has 0 aliphatic rings. The number of phenolic OH excluding ortho intramolecular Hbond substituents is 1.